The molecule has 33 heavy (non-hydrogen) atoms. The number of ether oxygens (including phenoxy) is 1. The fourth-order valence-electron chi connectivity index (χ4n) is 2.92. The maximum Gasteiger partial charge on any atom is 0.250 e. The van der Waals surface area contributed by atoms with Gasteiger partial charge < -0.3 is 4.74 Å². The minimum atomic E-state index is -0.267. The molecule has 0 radical (unpaired) electrons. The first kappa shape index (κ1) is 22.2. The molecule has 0 aliphatic rings. The summed E-state index contributed by atoms with van der Waals surface area (Å²) in [7, 11) is 0. The second-order valence-electron chi connectivity index (χ2n) is 6.65. The number of hydrazone groups is 1. The Labute approximate surface area is 195 Å². The zero-order valence-corrected chi connectivity index (χ0v) is 18.6. The smallest absolute Gasteiger partial charge is 0.250 e. The van der Waals surface area contributed by atoms with Crippen LogP contribution in [0.5, 0.6) is 5.75 Å². The second kappa shape index (κ2) is 11.0. The molecule has 1 N–H and O–H groups in total. The minimum absolute atomic E-state index is 0.113. The Morgan fingerprint density at radius 2 is 2.00 bits per heavy atom. The van der Waals surface area contributed by atoms with E-state index in [2.05, 4.69) is 30.7 Å². The summed E-state index contributed by atoms with van der Waals surface area (Å²) in [6, 6.07) is 16.8. The highest BCUT2D eigenvalue weighted by molar-refractivity contribution is 7.99. The average molecular weight is 460 g/mol. The van der Waals surface area contributed by atoms with E-state index in [0.717, 1.165) is 17.0 Å². The number of hydrogen-bond acceptors (Lipinski definition) is 8. The van der Waals surface area contributed by atoms with Crippen LogP contribution in [-0.2, 0) is 4.79 Å². The Morgan fingerprint density at radius 3 is 2.73 bits per heavy atom. The van der Waals surface area contributed by atoms with Gasteiger partial charge in [-0.2, -0.15) is 5.10 Å². The van der Waals surface area contributed by atoms with Gasteiger partial charge in [0.25, 0.3) is 5.91 Å². The first-order valence-corrected chi connectivity index (χ1v) is 11.2. The number of rotatable bonds is 9. The van der Waals surface area contributed by atoms with Gasteiger partial charge in [-0.15, -0.1) is 10.2 Å². The van der Waals surface area contributed by atoms with E-state index in [1.807, 2.05) is 60.0 Å². The zero-order chi connectivity index (χ0) is 22.9. The highest BCUT2D eigenvalue weighted by atomic mass is 32.2. The Balaban J connectivity index is 1.52. The van der Waals surface area contributed by atoms with Crippen LogP contribution in [0.25, 0.3) is 17.1 Å². The highest BCUT2D eigenvalue weighted by Crippen LogP contribution is 2.28. The number of aromatic nitrogens is 5. The number of carbonyl (C=O) groups is 1. The van der Waals surface area contributed by atoms with Crippen LogP contribution in [0.1, 0.15) is 12.6 Å². The van der Waals surface area contributed by atoms with Crippen LogP contribution in [0.15, 0.2) is 83.4 Å². The number of thioether (sulfide) groups is 1. The highest BCUT2D eigenvalue weighted by Gasteiger charge is 2.17. The molecule has 4 aromatic rings. The van der Waals surface area contributed by atoms with Crippen molar-refractivity contribution >= 4 is 23.9 Å². The topological polar surface area (TPSA) is 107 Å². The van der Waals surface area contributed by atoms with Crippen molar-refractivity contribution in [2.24, 2.45) is 5.10 Å². The molecule has 3 heterocycles. The number of nitrogens with zero attached hydrogens (tertiary/aromatic N) is 6. The van der Waals surface area contributed by atoms with Crippen molar-refractivity contribution in [2.75, 3.05) is 12.4 Å². The van der Waals surface area contributed by atoms with E-state index >= 15 is 0 Å². The monoisotopic (exact) mass is 459 g/mol. The fraction of sp³-hybridized carbons (Fsp3) is 0.130. The van der Waals surface area contributed by atoms with Crippen molar-refractivity contribution in [3.8, 4) is 22.8 Å². The van der Waals surface area contributed by atoms with E-state index in [1.54, 1.807) is 24.7 Å². The first-order chi connectivity index (χ1) is 16.2. The molecular formula is C23H21N7O2S. The molecule has 1 aromatic carbocycles. The number of hydrogen-bond donors (Lipinski definition) is 1. The number of amides is 1. The van der Waals surface area contributed by atoms with Gasteiger partial charge in [0.05, 0.1) is 24.3 Å². The minimum Gasteiger partial charge on any atom is -0.494 e. The molecular weight excluding hydrogens is 438 g/mol. The molecule has 1 amide bonds. The standard InChI is InChI=1S/C23H21N7O2S/c1-2-32-20-10-8-19(9-11-20)30-22(17-6-5-12-24-14-17)28-29-23(30)33-16-21(31)27-26-15-18-7-3-4-13-25-18/h3-15H,2,16H2,1H3,(H,27,31)/b26-15+. The van der Waals surface area contributed by atoms with Crippen LogP contribution in [0.3, 0.4) is 0 Å². The molecule has 0 saturated carbocycles. The average Bonchev–Trinajstić information content (AvgIpc) is 3.29. The van der Waals surface area contributed by atoms with E-state index < -0.39 is 0 Å². The van der Waals surface area contributed by atoms with Gasteiger partial charge in [0.1, 0.15) is 5.75 Å². The van der Waals surface area contributed by atoms with Crippen molar-refractivity contribution in [1.29, 1.82) is 0 Å². The lowest BCUT2D eigenvalue weighted by Gasteiger charge is -2.11. The van der Waals surface area contributed by atoms with Crippen LogP contribution in [0.2, 0.25) is 0 Å². The first-order valence-electron chi connectivity index (χ1n) is 10.2. The molecule has 4 rings (SSSR count). The lowest BCUT2D eigenvalue weighted by Crippen LogP contribution is -2.20. The third-order valence-electron chi connectivity index (χ3n) is 4.37. The molecule has 166 valence electrons. The largest absolute Gasteiger partial charge is 0.494 e. The lowest BCUT2D eigenvalue weighted by atomic mass is 10.2. The van der Waals surface area contributed by atoms with E-state index in [4.69, 9.17) is 4.74 Å². The summed E-state index contributed by atoms with van der Waals surface area (Å²) in [5, 5.41) is 13.2. The third-order valence-corrected chi connectivity index (χ3v) is 5.29. The lowest BCUT2D eigenvalue weighted by molar-refractivity contribution is -0.118. The van der Waals surface area contributed by atoms with Crippen LogP contribution in [-0.4, -0.2) is 49.2 Å². The maximum atomic E-state index is 12.3. The molecule has 3 aromatic heterocycles. The molecule has 10 heteroatoms. The van der Waals surface area contributed by atoms with Crippen LogP contribution in [0.4, 0.5) is 0 Å². The maximum absolute atomic E-state index is 12.3. The van der Waals surface area contributed by atoms with Crippen LogP contribution in [0, 0.1) is 0 Å². The number of pyridine rings is 2. The summed E-state index contributed by atoms with van der Waals surface area (Å²) >= 11 is 1.26. The summed E-state index contributed by atoms with van der Waals surface area (Å²) in [6.07, 6.45) is 6.58. The zero-order valence-electron chi connectivity index (χ0n) is 17.8. The van der Waals surface area contributed by atoms with Gasteiger partial charge in [0.15, 0.2) is 11.0 Å². The number of benzene rings is 1. The van der Waals surface area contributed by atoms with Crippen molar-refractivity contribution in [1.82, 2.24) is 30.2 Å². The Morgan fingerprint density at radius 1 is 1.12 bits per heavy atom. The van der Waals surface area contributed by atoms with Gasteiger partial charge in [-0.3, -0.25) is 19.3 Å². The van der Waals surface area contributed by atoms with Crippen LogP contribution < -0.4 is 10.2 Å². The summed E-state index contributed by atoms with van der Waals surface area (Å²) in [5.74, 6) is 1.25. The summed E-state index contributed by atoms with van der Waals surface area (Å²) in [6.45, 7) is 2.53. The summed E-state index contributed by atoms with van der Waals surface area (Å²) in [5.41, 5.74) is 4.82. The molecule has 0 unspecified atom stereocenters. The van der Waals surface area contributed by atoms with Gasteiger partial charge >= 0.3 is 0 Å². The molecule has 0 spiro atoms. The predicted molar refractivity (Wildman–Crippen MR) is 126 cm³/mol. The van der Waals surface area contributed by atoms with Gasteiger partial charge in [-0.25, -0.2) is 5.43 Å². The van der Waals surface area contributed by atoms with E-state index in [9.17, 15) is 4.79 Å². The molecule has 0 fully saturated rings. The molecule has 0 saturated heterocycles. The molecule has 0 atom stereocenters. The van der Waals surface area contributed by atoms with Gasteiger partial charge in [-0.05, 0) is 55.5 Å². The normalized spacial score (nSPS) is 10.9. The Hall–Kier alpha value is -4.05. The molecule has 9 nitrogen and oxygen atoms in total. The van der Waals surface area contributed by atoms with Gasteiger partial charge in [-0.1, -0.05) is 17.8 Å². The fourth-order valence-corrected chi connectivity index (χ4v) is 3.67. The predicted octanol–water partition coefficient (Wildman–Crippen LogP) is 3.37. The Kier molecular flexibility index (Phi) is 7.39. The van der Waals surface area contributed by atoms with Crippen molar-refractivity contribution in [2.45, 2.75) is 12.1 Å². The Bertz CT molecular complexity index is 1210. The van der Waals surface area contributed by atoms with E-state index in [1.165, 1.54) is 18.0 Å². The summed E-state index contributed by atoms with van der Waals surface area (Å²) < 4.78 is 7.44. The van der Waals surface area contributed by atoms with Gasteiger partial charge in [0.2, 0.25) is 0 Å². The quantitative estimate of drug-likeness (QED) is 0.232. The molecule has 0 aliphatic heterocycles. The molecule has 0 aliphatic carbocycles. The van der Waals surface area contributed by atoms with E-state index in [-0.39, 0.29) is 11.7 Å². The van der Waals surface area contributed by atoms with Crippen molar-refractivity contribution in [3.63, 3.8) is 0 Å². The molecule has 0 bridgehead atoms. The summed E-state index contributed by atoms with van der Waals surface area (Å²) in [4.78, 5) is 20.6. The number of carbonyl (C=O) groups excluding carboxylic acids is 1. The SMILES string of the molecule is CCOc1ccc(-n2c(SCC(=O)N/N=C/c3ccccn3)nnc2-c2cccnc2)cc1. The third kappa shape index (κ3) is 5.80. The van der Waals surface area contributed by atoms with Crippen LogP contribution >= 0.6 is 11.8 Å². The van der Waals surface area contributed by atoms with Gasteiger partial charge in [0, 0.05) is 29.8 Å². The van der Waals surface area contributed by atoms with E-state index in [0.29, 0.717) is 23.3 Å². The second-order valence-corrected chi connectivity index (χ2v) is 7.59. The van der Waals surface area contributed by atoms with Crippen molar-refractivity contribution in [3.05, 3.63) is 78.9 Å². The van der Waals surface area contributed by atoms with Crippen molar-refractivity contribution < 1.29 is 9.53 Å². The number of nitrogens with one attached hydrogen (secondary N) is 1.